The minimum atomic E-state index is -0.710. The molecule has 0 radical (unpaired) electrons. The van der Waals surface area contributed by atoms with Crippen LogP contribution in [0.15, 0.2) is 24.4 Å². The van der Waals surface area contributed by atoms with Crippen LogP contribution in [0.25, 0.3) is 0 Å². The normalized spacial score (nSPS) is 11.8. The Morgan fingerprint density at radius 3 is 2.65 bits per heavy atom. The van der Waals surface area contributed by atoms with E-state index in [9.17, 15) is 4.79 Å². The summed E-state index contributed by atoms with van der Waals surface area (Å²) in [7, 11) is 0. The lowest BCUT2D eigenvalue weighted by molar-refractivity contribution is -0.147. The average Bonchev–Trinajstić information content (AvgIpc) is 2.43. The van der Waals surface area contributed by atoms with Crippen LogP contribution in [0.5, 0.6) is 0 Å². The molecule has 0 saturated carbocycles. The first-order valence-corrected chi connectivity index (χ1v) is 7.31. The molecule has 20 heavy (non-hydrogen) atoms. The molecule has 0 saturated heterocycles. The maximum absolute atomic E-state index is 11.0. The molecule has 0 aromatic carbocycles. The van der Waals surface area contributed by atoms with E-state index in [-0.39, 0.29) is 0 Å². The molecule has 0 aliphatic heterocycles. The highest BCUT2D eigenvalue weighted by Gasteiger charge is 2.26. The number of unbranched alkanes of at least 4 members (excludes halogenated alkanes) is 1. The van der Waals surface area contributed by atoms with Gasteiger partial charge in [0.1, 0.15) is 0 Å². The molecule has 1 N–H and O–H groups in total. The minimum absolute atomic E-state index is 0.613. The molecule has 4 nitrogen and oxygen atoms in total. The van der Waals surface area contributed by atoms with Crippen molar-refractivity contribution in [2.45, 2.75) is 46.6 Å². The fraction of sp³-hybridized carbons (Fsp3) is 0.625. The first-order valence-electron chi connectivity index (χ1n) is 7.31. The monoisotopic (exact) mass is 278 g/mol. The summed E-state index contributed by atoms with van der Waals surface area (Å²) in [4.78, 5) is 17.7. The van der Waals surface area contributed by atoms with E-state index in [1.54, 1.807) is 13.8 Å². The molecule has 0 spiro atoms. The van der Waals surface area contributed by atoms with Gasteiger partial charge in [-0.1, -0.05) is 19.4 Å². The van der Waals surface area contributed by atoms with Gasteiger partial charge in [0.25, 0.3) is 0 Å². The van der Waals surface area contributed by atoms with Gasteiger partial charge in [-0.25, -0.2) is 0 Å². The molecule has 0 unspecified atom stereocenters. The maximum atomic E-state index is 11.0. The molecule has 1 aromatic heterocycles. The van der Waals surface area contributed by atoms with Gasteiger partial charge in [-0.15, -0.1) is 0 Å². The predicted octanol–water partition coefficient (Wildman–Crippen LogP) is 3.18. The molecular weight excluding hydrogens is 252 g/mol. The number of carbonyl (C=O) groups is 1. The summed E-state index contributed by atoms with van der Waals surface area (Å²) in [6.45, 7) is 8.56. The number of hydrogen-bond acceptors (Lipinski definition) is 3. The van der Waals surface area contributed by atoms with E-state index >= 15 is 0 Å². The van der Waals surface area contributed by atoms with Crippen molar-refractivity contribution < 1.29 is 9.90 Å². The topological polar surface area (TPSA) is 53.4 Å². The highest BCUT2D eigenvalue weighted by atomic mass is 16.4. The van der Waals surface area contributed by atoms with Gasteiger partial charge in [0.05, 0.1) is 11.1 Å². The lowest BCUT2D eigenvalue weighted by Crippen LogP contribution is -2.26. The van der Waals surface area contributed by atoms with Crippen molar-refractivity contribution in [3.05, 3.63) is 30.1 Å². The lowest BCUT2D eigenvalue weighted by Gasteiger charge is -2.22. The zero-order valence-electron chi connectivity index (χ0n) is 12.8. The third kappa shape index (κ3) is 5.70. The Bertz CT molecular complexity index is 404. The Morgan fingerprint density at radius 1 is 1.35 bits per heavy atom. The second-order valence-corrected chi connectivity index (χ2v) is 5.84. The van der Waals surface area contributed by atoms with Crippen LogP contribution < -0.4 is 0 Å². The summed E-state index contributed by atoms with van der Waals surface area (Å²) in [5.41, 5.74) is 0.470. The van der Waals surface area contributed by atoms with E-state index in [2.05, 4.69) is 16.8 Å². The summed E-state index contributed by atoms with van der Waals surface area (Å²) in [6, 6.07) is 5.97. The van der Waals surface area contributed by atoms with Crippen LogP contribution in [0.2, 0.25) is 0 Å². The zero-order valence-corrected chi connectivity index (χ0v) is 12.8. The van der Waals surface area contributed by atoms with Crippen LogP contribution in [0, 0.1) is 5.41 Å². The van der Waals surface area contributed by atoms with E-state index in [0.29, 0.717) is 0 Å². The van der Waals surface area contributed by atoms with Gasteiger partial charge < -0.3 is 5.11 Å². The fourth-order valence-electron chi connectivity index (χ4n) is 2.08. The number of carboxylic acid groups (broad SMARTS) is 1. The smallest absolute Gasteiger partial charge is 0.309 e. The minimum Gasteiger partial charge on any atom is -0.481 e. The number of pyridine rings is 1. The number of nitrogens with zero attached hydrogens (tertiary/aromatic N) is 2. The summed E-state index contributed by atoms with van der Waals surface area (Å²) in [5, 5.41) is 9.07. The quantitative estimate of drug-likeness (QED) is 0.705. The number of aromatic nitrogens is 1. The SMILES string of the molecule is CCN(CCCCC(C)(C)C(=O)O)Cc1ccccn1. The lowest BCUT2D eigenvalue weighted by atomic mass is 9.87. The standard InChI is InChI=1S/C16H26N2O2/c1-4-18(13-14-9-5-7-11-17-14)12-8-6-10-16(2,3)15(19)20/h5,7,9,11H,4,6,8,10,12-13H2,1-3H3,(H,19,20). The van der Waals surface area contributed by atoms with Gasteiger partial charge in [-0.2, -0.15) is 0 Å². The summed E-state index contributed by atoms with van der Waals surface area (Å²) in [6.07, 6.45) is 4.51. The number of carboxylic acids is 1. The molecule has 1 heterocycles. The van der Waals surface area contributed by atoms with Crippen molar-refractivity contribution in [2.75, 3.05) is 13.1 Å². The highest BCUT2D eigenvalue weighted by molar-refractivity contribution is 5.73. The summed E-state index contributed by atoms with van der Waals surface area (Å²) >= 11 is 0. The second kappa shape index (κ2) is 8.00. The van der Waals surface area contributed by atoms with Crippen molar-refractivity contribution in [2.24, 2.45) is 5.41 Å². The fourth-order valence-corrected chi connectivity index (χ4v) is 2.08. The van der Waals surface area contributed by atoms with Crippen molar-refractivity contribution >= 4 is 5.97 Å². The summed E-state index contributed by atoms with van der Waals surface area (Å²) in [5.74, 6) is -0.710. The zero-order chi connectivity index (χ0) is 15.0. The molecule has 0 fully saturated rings. The molecule has 4 heteroatoms. The summed E-state index contributed by atoms with van der Waals surface area (Å²) < 4.78 is 0. The van der Waals surface area contributed by atoms with Gasteiger partial charge in [0, 0.05) is 12.7 Å². The molecule has 112 valence electrons. The van der Waals surface area contributed by atoms with Crippen LogP contribution in [0.4, 0.5) is 0 Å². The largest absolute Gasteiger partial charge is 0.481 e. The van der Waals surface area contributed by atoms with E-state index in [1.165, 1.54) is 0 Å². The Morgan fingerprint density at radius 2 is 2.10 bits per heavy atom. The van der Waals surface area contributed by atoms with Gasteiger partial charge in [-0.05, 0) is 51.9 Å². The molecule has 0 aliphatic rings. The molecule has 1 rings (SSSR count). The molecule has 0 bridgehead atoms. The Hall–Kier alpha value is -1.42. The first-order chi connectivity index (χ1) is 9.45. The molecule has 1 aromatic rings. The Balaban J connectivity index is 2.30. The maximum Gasteiger partial charge on any atom is 0.309 e. The van der Waals surface area contributed by atoms with Crippen molar-refractivity contribution in [3.63, 3.8) is 0 Å². The van der Waals surface area contributed by atoms with E-state index in [1.807, 2.05) is 24.4 Å². The molecular formula is C16H26N2O2. The molecule has 0 amide bonds. The number of rotatable bonds is 9. The predicted molar refractivity (Wildman–Crippen MR) is 80.5 cm³/mol. The van der Waals surface area contributed by atoms with Crippen LogP contribution in [0.1, 0.15) is 45.7 Å². The van der Waals surface area contributed by atoms with E-state index < -0.39 is 11.4 Å². The van der Waals surface area contributed by atoms with E-state index in [4.69, 9.17) is 5.11 Å². The van der Waals surface area contributed by atoms with Crippen LogP contribution in [0.3, 0.4) is 0 Å². The Kier molecular flexibility index (Phi) is 6.65. The molecule has 0 atom stereocenters. The number of aliphatic carboxylic acids is 1. The van der Waals surface area contributed by atoms with Crippen LogP contribution >= 0.6 is 0 Å². The highest BCUT2D eigenvalue weighted by Crippen LogP contribution is 2.23. The first kappa shape index (κ1) is 16.6. The van der Waals surface area contributed by atoms with E-state index in [0.717, 1.165) is 44.6 Å². The van der Waals surface area contributed by atoms with Gasteiger partial charge in [0.2, 0.25) is 0 Å². The van der Waals surface area contributed by atoms with Gasteiger partial charge in [0.15, 0.2) is 0 Å². The average molecular weight is 278 g/mol. The second-order valence-electron chi connectivity index (χ2n) is 5.84. The van der Waals surface area contributed by atoms with Crippen molar-refractivity contribution in [1.29, 1.82) is 0 Å². The third-order valence-electron chi connectivity index (χ3n) is 3.66. The van der Waals surface area contributed by atoms with Crippen LogP contribution in [-0.4, -0.2) is 34.0 Å². The van der Waals surface area contributed by atoms with Crippen LogP contribution in [-0.2, 0) is 11.3 Å². The van der Waals surface area contributed by atoms with Crippen molar-refractivity contribution in [3.8, 4) is 0 Å². The Labute approximate surface area is 121 Å². The van der Waals surface area contributed by atoms with Gasteiger partial charge >= 0.3 is 5.97 Å². The van der Waals surface area contributed by atoms with Crippen molar-refractivity contribution in [1.82, 2.24) is 9.88 Å². The van der Waals surface area contributed by atoms with Gasteiger partial charge in [-0.3, -0.25) is 14.7 Å². The molecule has 0 aliphatic carbocycles. The number of hydrogen-bond donors (Lipinski definition) is 1. The third-order valence-corrected chi connectivity index (χ3v) is 3.66.